The van der Waals surface area contributed by atoms with Gasteiger partial charge in [-0.2, -0.15) is 9.78 Å². The normalized spacial score (nSPS) is 13.3. The van der Waals surface area contributed by atoms with E-state index in [4.69, 9.17) is 5.11 Å². The number of carboxylic acids is 1. The van der Waals surface area contributed by atoms with Crippen molar-refractivity contribution in [1.29, 1.82) is 0 Å². The number of hydrogen-bond acceptors (Lipinski definition) is 4. The molecule has 0 aliphatic carbocycles. The second-order valence-electron chi connectivity index (χ2n) is 3.65. The molecule has 0 bridgehead atoms. The standard InChI is InChI=1S/C11H8N4O2/c16-11(17)8-6-9-12-13-10(15(9)14-8)7-4-2-1-3-5-7/h1-5H,6H2,(H,16,17). The second-order valence-corrected chi connectivity index (χ2v) is 3.65. The van der Waals surface area contributed by atoms with Gasteiger partial charge in [0, 0.05) is 5.56 Å². The smallest absolute Gasteiger partial charge is 0.352 e. The molecule has 0 amide bonds. The van der Waals surface area contributed by atoms with Crippen LogP contribution < -0.4 is 0 Å². The maximum atomic E-state index is 10.8. The van der Waals surface area contributed by atoms with E-state index in [9.17, 15) is 4.79 Å². The minimum absolute atomic E-state index is 0.0899. The van der Waals surface area contributed by atoms with Crippen molar-refractivity contribution in [2.24, 2.45) is 5.10 Å². The van der Waals surface area contributed by atoms with Crippen LogP contribution in [0.2, 0.25) is 0 Å². The van der Waals surface area contributed by atoms with Gasteiger partial charge in [0.2, 0.25) is 0 Å². The molecule has 6 nitrogen and oxygen atoms in total. The van der Waals surface area contributed by atoms with Crippen molar-refractivity contribution >= 4 is 11.7 Å². The molecule has 6 heteroatoms. The first-order valence-electron chi connectivity index (χ1n) is 5.06. The van der Waals surface area contributed by atoms with Gasteiger partial charge in [0.1, 0.15) is 0 Å². The lowest BCUT2D eigenvalue weighted by Gasteiger charge is -1.98. The fourth-order valence-corrected chi connectivity index (χ4v) is 1.72. The molecule has 0 fully saturated rings. The van der Waals surface area contributed by atoms with Gasteiger partial charge in [-0.25, -0.2) is 4.79 Å². The first-order chi connectivity index (χ1) is 8.25. The third-order valence-corrected chi connectivity index (χ3v) is 2.53. The Labute approximate surface area is 96.2 Å². The van der Waals surface area contributed by atoms with Crippen molar-refractivity contribution in [2.75, 3.05) is 0 Å². The Morgan fingerprint density at radius 3 is 2.71 bits per heavy atom. The topological polar surface area (TPSA) is 80.4 Å². The predicted octanol–water partition coefficient (Wildman–Crippen LogP) is 0.790. The SMILES string of the molecule is O=C(O)C1=Nn2c(nnc2-c2ccccc2)C1. The largest absolute Gasteiger partial charge is 0.477 e. The zero-order valence-electron chi connectivity index (χ0n) is 8.74. The molecular weight excluding hydrogens is 220 g/mol. The molecule has 17 heavy (non-hydrogen) atoms. The summed E-state index contributed by atoms with van der Waals surface area (Å²) < 4.78 is 1.48. The predicted molar refractivity (Wildman–Crippen MR) is 59.6 cm³/mol. The quantitative estimate of drug-likeness (QED) is 0.824. The fraction of sp³-hybridized carbons (Fsp3) is 0.0909. The molecule has 3 rings (SSSR count). The third-order valence-electron chi connectivity index (χ3n) is 2.53. The molecule has 84 valence electrons. The number of carbonyl (C=O) groups is 1. The molecule has 0 saturated heterocycles. The summed E-state index contributed by atoms with van der Waals surface area (Å²) in [6.45, 7) is 0. The van der Waals surface area contributed by atoms with Gasteiger partial charge >= 0.3 is 5.97 Å². The van der Waals surface area contributed by atoms with Crippen molar-refractivity contribution in [2.45, 2.75) is 6.42 Å². The number of carboxylic acid groups (broad SMARTS) is 1. The summed E-state index contributed by atoms with van der Waals surface area (Å²) in [7, 11) is 0. The van der Waals surface area contributed by atoms with E-state index in [1.807, 2.05) is 30.3 Å². The van der Waals surface area contributed by atoms with Gasteiger partial charge in [-0.05, 0) is 0 Å². The average Bonchev–Trinajstić information content (AvgIpc) is 2.89. The third kappa shape index (κ3) is 1.50. The Hall–Kier alpha value is -2.50. The number of nitrogens with zero attached hydrogens (tertiary/aromatic N) is 4. The molecule has 1 aromatic heterocycles. The molecule has 1 aliphatic rings. The lowest BCUT2D eigenvalue weighted by molar-refractivity contribution is -0.129. The second kappa shape index (κ2) is 3.51. The van der Waals surface area contributed by atoms with Crippen LogP contribution in [0.25, 0.3) is 11.4 Å². The molecule has 0 unspecified atom stereocenters. The minimum atomic E-state index is -1.02. The number of benzene rings is 1. The molecular formula is C11H8N4O2. The van der Waals surface area contributed by atoms with Gasteiger partial charge in [0.15, 0.2) is 17.4 Å². The van der Waals surface area contributed by atoms with E-state index < -0.39 is 5.97 Å². The van der Waals surface area contributed by atoms with Gasteiger partial charge in [0.05, 0.1) is 6.42 Å². The molecule has 1 N–H and O–H groups in total. The van der Waals surface area contributed by atoms with E-state index in [2.05, 4.69) is 15.3 Å². The van der Waals surface area contributed by atoms with Crippen molar-refractivity contribution < 1.29 is 9.90 Å². The molecule has 2 aromatic rings. The maximum absolute atomic E-state index is 10.8. The molecule has 2 heterocycles. The van der Waals surface area contributed by atoms with Crippen LogP contribution >= 0.6 is 0 Å². The van der Waals surface area contributed by atoms with Crippen molar-refractivity contribution in [1.82, 2.24) is 14.9 Å². The van der Waals surface area contributed by atoms with E-state index in [1.54, 1.807) is 0 Å². The van der Waals surface area contributed by atoms with E-state index >= 15 is 0 Å². The van der Waals surface area contributed by atoms with Crippen LogP contribution in [0.3, 0.4) is 0 Å². The van der Waals surface area contributed by atoms with Gasteiger partial charge in [-0.15, -0.1) is 10.2 Å². The molecule has 1 aromatic carbocycles. The Morgan fingerprint density at radius 1 is 1.24 bits per heavy atom. The van der Waals surface area contributed by atoms with Gasteiger partial charge in [-0.3, -0.25) is 0 Å². The zero-order chi connectivity index (χ0) is 11.8. The summed E-state index contributed by atoms with van der Waals surface area (Å²) in [6.07, 6.45) is 0.217. The molecule has 0 atom stereocenters. The van der Waals surface area contributed by atoms with Crippen molar-refractivity contribution in [3.05, 3.63) is 36.2 Å². The molecule has 0 saturated carbocycles. The molecule has 0 radical (unpaired) electrons. The lowest BCUT2D eigenvalue weighted by atomic mass is 10.2. The summed E-state index contributed by atoms with van der Waals surface area (Å²) in [6, 6.07) is 9.43. The van der Waals surface area contributed by atoms with Crippen LogP contribution in [0.1, 0.15) is 5.82 Å². The van der Waals surface area contributed by atoms with E-state index in [-0.39, 0.29) is 12.1 Å². The Bertz CT molecular complexity index is 616. The van der Waals surface area contributed by atoms with Crippen molar-refractivity contribution in [3.8, 4) is 11.4 Å². The van der Waals surface area contributed by atoms with Crippen LogP contribution in [0.5, 0.6) is 0 Å². The molecule has 1 aliphatic heterocycles. The zero-order valence-corrected chi connectivity index (χ0v) is 8.74. The first-order valence-corrected chi connectivity index (χ1v) is 5.06. The summed E-state index contributed by atoms with van der Waals surface area (Å²) in [5.41, 5.74) is 0.953. The highest BCUT2D eigenvalue weighted by atomic mass is 16.4. The summed E-state index contributed by atoms with van der Waals surface area (Å²) >= 11 is 0. The van der Waals surface area contributed by atoms with Gasteiger partial charge < -0.3 is 5.11 Å². The lowest BCUT2D eigenvalue weighted by Crippen LogP contribution is -2.12. The number of fused-ring (bicyclic) bond motifs is 1. The summed E-state index contributed by atoms with van der Waals surface area (Å²) in [5, 5.41) is 20.8. The maximum Gasteiger partial charge on any atom is 0.352 e. The number of aromatic nitrogens is 3. The number of hydrogen-bond donors (Lipinski definition) is 1. The van der Waals surface area contributed by atoms with Crippen LogP contribution in [0.15, 0.2) is 35.4 Å². The summed E-state index contributed by atoms with van der Waals surface area (Å²) in [4.78, 5) is 10.8. The van der Waals surface area contributed by atoms with Crippen LogP contribution in [-0.4, -0.2) is 31.7 Å². The number of aliphatic carboxylic acids is 1. The first kappa shape index (κ1) is 9.71. The van der Waals surface area contributed by atoms with Crippen LogP contribution in [0.4, 0.5) is 0 Å². The fourth-order valence-electron chi connectivity index (χ4n) is 1.72. The Morgan fingerprint density at radius 2 is 2.00 bits per heavy atom. The van der Waals surface area contributed by atoms with E-state index in [0.717, 1.165) is 5.56 Å². The minimum Gasteiger partial charge on any atom is -0.477 e. The van der Waals surface area contributed by atoms with Crippen LogP contribution in [-0.2, 0) is 11.2 Å². The van der Waals surface area contributed by atoms with Crippen LogP contribution in [0, 0.1) is 0 Å². The van der Waals surface area contributed by atoms with Gasteiger partial charge in [0.25, 0.3) is 0 Å². The Balaban J connectivity index is 2.09. The monoisotopic (exact) mass is 228 g/mol. The highest BCUT2D eigenvalue weighted by molar-refractivity contribution is 6.36. The average molecular weight is 228 g/mol. The summed E-state index contributed by atoms with van der Waals surface area (Å²) in [5.74, 6) is 0.104. The molecule has 0 spiro atoms. The van der Waals surface area contributed by atoms with E-state index in [0.29, 0.717) is 11.6 Å². The highest BCUT2D eigenvalue weighted by Gasteiger charge is 2.25. The van der Waals surface area contributed by atoms with Gasteiger partial charge in [-0.1, -0.05) is 30.3 Å². The van der Waals surface area contributed by atoms with E-state index in [1.165, 1.54) is 4.68 Å². The van der Waals surface area contributed by atoms with Crippen molar-refractivity contribution in [3.63, 3.8) is 0 Å². The Kier molecular flexibility index (Phi) is 2.01. The highest BCUT2D eigenvalue weighted by Crippen LogP contribution is 2.21. The number of rotatable bonds is 2.